The maximum absolute atomic E-state index is 12.5. The Balaban J connectivity index is 2.63. The first kappa shape index (κ1) is 15.1. The minimum absolute atomic E-state index is 0.113. The molecule has 106 valence electrons. The number of nitrogens with zero attached hydrogens (tertiary/aromatic N) is 2. The second kappa shape index (κ2) is 5.97. The van der Waals surface area contributed by atoms with Crippen LogP contribution in [0.1, 0.15) is 13.8 Å². The molecular formula is C13H14BrN3O2S. The maximum atomic E-state index is 12.5. The van der Waals surface area contributed by atoms with Gasteiger partial charge in [-0.25, -0.2) is 4.98 Å². The molecule has 0 aliphatic heterocycles. The average molecular weight is 356 g/mol. The van der Waals surface area contributed by atoms with Crippen molar-refractivity contribution in [2.45, 2.75) is 30.8 Å². The fraction of sp³-hybridized carbons (Fsp3) is 0.308. The third-order valence-corrected chi connectivity index (χ3v) is 4.48. The van der Waals surface area contributed by atoms with Crippen LogP contribution < -0.4 is 11.3 Å². The predicted molar refractivity (Wildman–Crippen MR) is 83.9 cm³/mol. The molecular weight excluding hydrogens is 342 g/mol. The summed E-state index contributed by atoms with van der Waals surface area (Å²) in [6, 6.07) is 5.36. The van der Waals surface area contributed by atoms with Gasteiger partial charge in [-0.2, -0.15) is 0 Å². The van der Waals surface area contributed by atoms with Gasteiger partial charge in [-0.15, -0.1) is 0 Å². The molecule has 0 radical (unpaired) electrons. The molecule has 7 heteroatoms. The molecule has 1 aromatic carbocycles. The SMILES string of the molecule is CCn1c(S[C@@H](C)C(N)=O)nc2ccc(Br)cc2c1=O. The van der Waals surface area contributed by atoms with E-state index >= 15 is 0 Å². The Morgan fingerprint density at radius 3 is 2.85 bits per heavy atom. The third-order valence-electron chi connectivity index (χ3n) is 2.88. The van der Waals surface area contributed by atoms with E-state index in [1.807, 2.05) is 13.0 Å². The van der Waals surface area contributed by atoms with Crippen LogP contribution in [0.2, 0.25) is 0 Å². The second-order valence-corrected chi connectivity index (χ2v) is 6.49. The van der Waals surface area contributed by atoms with Crippen molar-refractivity contribution in [1.29, 1.82) is 0 Å². The van der Waals surface area contributed by atoms with Gasteiger partial charge in [0.2, 0.25) is 5.91 Å². The molecule has 0 aliphatic carbocycles. The Morgan fingerprint density at radius 1 is 1.55 bits per heavy atom. The number of benzene rings is 1. The van der Waals surface area contributed by atoms with Crippen LogP contribution >= 0.6 is 27.7 Å². The number of primary amides is 1. The molecule has 0 saturated carbocycles. The van der Waals surface area contributed by atoms with Gasteiger partial charge >= 0.3 is 0 Å². The molecule has 2 aromatic rings. The minimum Gasteiger partial charge on any atom is -0.369 e. The summed E-state index contributed by atoms with van der Waals surface area (Å²) in [5, 5.41) is 0.628. The Morgan fingerprint density at radius 2 is 2.25 bits per heavy atom. The summed E-state index contributed by atoms with van der Waals surface area (Å²) in [6.07, 6.45) is 0. The molecule has 1 amide bonds. The van der Waals surface area contributed by atoms with Crippen molar-refractivity contribution in [3.8, 4) is 0 Å². The fourth-order valence-electron chi connectivity index (χ4n) is 1.76. The van der Waals surface area contributed by atoms with Crippen LogP contribution in [-0.2, 0) is 11.3 Å². The van der Waals surface area contributed by atoms with Crippen LogP contribution in [-0.4, -0.2) is 20.7 Å². The predicted octanol–water partition coefficient (Wildman–Crippen LogP) is 2.14. The van der Waals surface area contributed by atoms with Gasteiger partial charge in [0, 0.05) is 11.0 Å². The Hall–Kier alpha value is -1.34. The summed E-state index contributed by atoms with van der Waals surface area (Å²) in [5.74, 6) is -0.428. The molecule has 0 saturated heterocycles. The van der Waals surface area contributed by atoms with Crippen LogP contribution in [0.5, 0.6) is 0 Å². The highest BCUT2D eigenvalue weighted by Gasteiger charge is 2.16. The third kappa shape index (κ3) is 2.88. The molecule has 0 aliphatic rings. The molecule has 1 atom stereocenters. The average Bonchev–Trinajstić information content (AvgIpc) is 2.40. The Bertz CT molecular complexity index is 729. The van der Waals surface area contributed by atoms with Crippen LogP contribution in [0.3, 0.4) is 0 Å². The fourth-order valence-corrected chi connectivity index (χ4v) is 3.04. The number of fused-ring (bicyclic) bond motifs is 1. The number of amides is 1. The van der Waals surface area contributed by atoms with Crippen LogP contribution in [0.4, 0.5) is 0 Å². The van der Waals surface area contributed by atoms with Gasteiger partial charge in [-0.1, -0.05) is 27.7 Å². The van der Waals surface area contributed by atoms with Crippen molar-refractivity contribution < 1.29 is 4.79 Å². The van der Waals surface area contributed by atoms with E-state index in [0.717, 1.165) is 4.47 Å². The first-order valence-corrected chi connectivity index (χ1v) is 7.77. The zero-order chi connectivity index (χ0) is 14.9. The maximum Gasteiger partial charge on any atom is 0.262 e. The van der Waals surface area contributed by atoms with Crippen molar-refractivity contribution in [1.82, 2.24) is 9.55 Å². The standard InChI is InChI=1S/C13H14BrN3O2S/c1-3-17-12(19)9-6-8(14)4-5-10(9)16-13(17)20-7(2)11(15)18/h4-7H,3H2,1-2H3,(H2,15,18)/t7-/m0/s1. The quantitative estimate of drug-likeness (QED) is 0.673. The Labute approximate surface area is 128 Å². The van der Waals surface area contributed by atoms with E-state index in [1.165, 1.54) is 11.8 Å². The van der Waals surface area contributed by atoms with Gasteiger partial charge in [-0.3, -0.25) is 14.2 Å². The highest BCUT2D eigenvalue weighted by molar-refractivity contribution is 9.10. The highest BCUT2D eigenvalue weighted by Crippen LogP contribution is 2.23. The first-order valence-electron chi connectivity index (χ1n) is 6.10. The van der Waals surface area contributed by atoms with E-state index in [2.05, 4.69) is 20.9 Å². The molecule has 20 heavy (non-hydrogen) atoms. The van der Waals surface area contributed by atoms with Crippen molar-refractivity contribution in [2.24, 2.45) is 5.73 Å². The molecule has 0 bridgehead atoms. The zero-order valence-electron chi connectivity index (χ0n) is 11.1. The molecule has 0 fully saturated rings. The lowest BCUT2D eigenvalue weighted by Crippen LogP contribution is -2.26. The van der Waals surface area contributed by atoms with Crippen LogP contribution in [0, 0.1) is 0 Å². The zero-order valence-corrected chi connectivity index (χ0v) is 13.5. The van der Waals surface area contributed by atoms with E-state index in [4.69, 9.17) is 5.73 Å². The number of carbonyl (C=O) groups excluding carboxylic acids is 1. The van der Waals surface area contributed by atoms with Crippen molar-refractivity contribution in [3.63, 3.8) is 0 Å². The molecule has 5 nitrogen and oxygen atoms in total. The number of hydrogen-bond donors (Lipinski definition) is 1. The lowest BCUT2D eigenvalue weighted by atomic mass is 10.2. The van der Waals surface area contributed by atoms with Crippen molar-refractivity contribution >= 4 is 44.5 Å². The van der Waals surface area contributed by atoms with Gasteiger partial charge in [0.25, 0.3) is 5.56 Å². The summed E-state index contributed by atoms with van der Waals surface area (Å²) in [5.41, 5.74) is 5.76. The number of hydrogen-bond acceptors (Lipinski definition) is 4. The molecule has 1 heterocycles. The van der Waals surface area contributed by atoms with Crippen LogP contribution in [0.15, 0.2) is 32.6 Å². The largest absolute Gasteiger partial charge is 0.369 e. The van der Waals surface area contributed by atoms with E-state index in [9.17, 15) is 9.59 Å². The molecule has 1 aromatic heterocycles. The summed E-state index contributed by atoms with van der Waals surface area (Å²) >= 11 is 4.55. The molecule has 2 N–H and O–H groups in total. The van der Waals surface area contributed by atoms with Crippen LogP contribution in [0.25, 0.3) is 10.9 Å². The summed E-state index contributed by atoms with van der Waals surface area (Å²) in [4.78, 5) is 28.1. The van der Waals surface area contributed by atoms with Crippen molar-refractivity contribution in [3.05, 3.63) is 33.0 Å². The Kier molecular flexibility index (Phi) is 4.49. The van der Waals surface area contributed by atoms with Gasteiger partial charge in [0.05, 0.1) is 16.2 Å². The topological polar surface area (TPSA) is 78.0 Å². The van der Waals surface area contributed by atoms with Gasteiger partial charge in [-0.05, 0) is 32.0 Å². The number of nitrogens with two attached hydrogens (primary N) is 1. The number of halogens is 1. The number of aromatic nitrogens is 2. The molecule has 0 unspecified atom stereocenters. The lowest BCUT2D eigenvalue weighted by Gasteiger charge is -2.13. The smallest absolute Gasteiger partial charge is 0.262 e. The van der Waals surface area contributed by atoms with Crippen molar-refractivity contribution in [2.75, 3.05) is 0 Å². The van der Waals surface area contributed by atoms with Gasteiger partial charge < -0.3 is 5.73 Å². The summed E-state index contributed by atoms with van der Waals surface area (Å²) in [6.45, 7) is 4.05. The normalized spacial score (nSPS) is 12.6. The molecule has 2 rings (SSSR count). The summed E-state index contributed by atoms with van der Waals surface area (Å²) < 4.78 is 2.39. The lowest BCUT2D eigenvalue weighted by molar-refractivity contribution is -0.117. The van der Waals surface area contributed by atoms with Gasteiger partial charge in [0.15, 0.2) is 5.16 Å². The molecule has 0 spiro atoms. The number of carbonyl (C=O) groups is 1. The summed E-state index contributed by atoms with van der Waals surface area (Å²) in [7, 11) is 0. The van der Waals surface area contributed by atoms with E-state index in [1.54, 1.807) is 23.6 Å². The number of thioether (sulfide) groups is 1. The first-order chi connectivity index (χ1) is 9.43. The minimum atomic E-state index is -0.437. The van der Waals surface area contributed by atoms with E-state index in [0.29, 0.717) is 22.6 Å². The van der Waals surface area contributed by atoms with E-state index in [-0.39, 0.29) is 5.56 Å². The van der Waals surface area contributed by atoms with Gasteiger partial charge in [0.1, 0.15) is 0 Å². The highest BCUT2D eigenvalue weighted by atomic mass is 79.9. The monoisotopic (exact) mass is 355 g/mol. The second-order valence-electron chi connectivity index (χ2n) is 4.27. The van der Waals surface area contributed by atoms with E-state index < -0.39 is 11.2 Å². The number of rotatable bonds is 4.